The van der Waals surface area contributed by atoms with E-state index in [-0.39, 0.29) is 17.6 Å². The smallest absolute Gasteiger partial charge is 0.221 e. The van der Waals surface area contributed by atoms with Gasteiger partial charge in [-0.25, -0.2) is 0 Å². The fourth-order valence-corrected chi connectivity index (χ4v) is 3.59. The van der Waals surface area contributed by atoms with Gasteiger partial charge in [0.1, 0.15) is 5.75 Å². The number of hydrogen-bond acceptors (Lipinski definition) is 2. The molecule has 0 bridgehead atoms. The molecule has 3 heteroatoms. The number of carbonyl (C=O) groups is 1. The SMILES string of the molecule is O=C(CC(c1ccccc1)c1ccccc1O)NC1CCCCC1. The highest BCUT2D eigenvalue weighted by atomic mass is 16.3. The summed E-state index contributed by atoms with van der Waals surface area (Å²) in [6.07, 6.45) is 6.20. The summed E-state index contributed by atoms with van der Waals surface area (Å²) in [4.78, 5) is 12.6. The highest BCUT2D eigenvalue weighted by molar-refractivity contribution is 5.78. The van der Waals surface area contributed by atoms with E-state index in [0.29, 0.717) is 12.5 Å². The minimum atomic E-state index is -0.129. The van der Waals surface area contributed by atoms with Gasteiger partial charge in [-0.15, -0.1) is 0 Å². The van der Waals surface area contributed by atoms with Crippen molar-refractivity contribution in [1.82, 2.24) is 5.32 Å². The van der Waals surface area contributed by atoms with Crippen molar-refractivity contribution in [3.05, 3.63) is 65.7 Å². The Labute approximate surface area is 143 Å². The molecule has 1 amide bonds. The normalized spacial score (nSPS) is 16.5. The third-order valence-corrected chi connectivity index (χ3v) is 4.87. The molecule has 0 saturated heterocycles. The largest absolute Gasteiger partial charge is 0.508 e. The number of aromatic hydroxyl groups is 1. The van der Waals surface area contributed by atoms with Gasteiger partial charge in [0.2, 0.25) is 5.91 Å². The molecule has 3 nitrogen and oxygen atoms in total. The van der Waals surface area contributed by atoms with E-state index >= 15 is 0 Å². The van der Waals surface area contributed by atoms with E-state index in [0.717, 1.165) is 24.0 Å². The second-order valence-electron chi connectivity index (χ2n) is 6.63. The van der Waals surface area contributed by atoms with Crippen LogP contribution in [-0.4, -0.2) is 17.1 Å². The number of carbonyl (C=O) groups excluding carboxylic acids is 1. The van der Waals surface area contributed by atoms with Crippen molar-refractivity contribution in [3.8, 4) is 5.75 Å². The molecular formula is C21H25NO2. The first kappa shape index (κ1) is 16.6. The topological polar surface area (TPSA) is 49.3 Å². The Bertz CT molecular complexity index is 663. The molecule has 2 aromatic rings. The molecule has 1 aliphatic carbocycles. The van der Waals surface area contributed by atoms with Gasteiger partial charge in [0.05, 0.1) is 0 Å². The van der Waals surface area contributed by atoms with E-state index in [1.165, 1.54) is 19.3 Å². The summed E-state index contributed by atoms with van der Waals surface area (Å²) in [5.74, 6) is 0.187. The minimum absolute atomic E-state index is 0.0685. The van der Waals surface area contributed by atoms with Crippen molar-refractivity contribution < 1.29 is 9.90 Å². The lowest BCUT2D eigenvalue weighted by atomic mass is 9.87. The van der Waals surface area contributed by atoms with Gasteiger partial charge in [-0.2, -0.15) is 0 Å². The summed E-state index contributed by atoms with van der Waals surface area (Å²) in [7, 11) is 0. The van der Waals surface area contributed by atoms with Crippen LogP contribution in [0, 0.1) is 0 Å². The van der Waals surface area contributed by atoms with Crippen LogP contribution in [0.2, 0.25) is 0 Å². The van der Waals surface area contributed by atoms with Gasteiger partial charge in [-0.3, -0.25) is 4.79 Å². The number of rotatable bonds is 5. The lowest BCUT2D eigenvalue weighted by Gasteiger charge is -2.25. The van der Waals surface area contributed by atoms with E-state index in [1.54, 1.807) is 6.07 Å². The van der Waals surface area contributed by atoms with Crippen LogP contribution >= 0.6 is 0 Å². The van der Waals surface area contributed by atoms with Gasteiger partial charge in [0.15, 0.2) is 0 Å². The number of para-hydroxylation sites is 1. The van der Waals surface area contributed by atoms with Crippen LogP contribution in [0.3, 0.4) is 0 Å². The van der Waals surface area contributed by atoms with Crippen molar-refractivity contribution in [2.24, 2.45) is 0 Å². The molecule has 0 aromatic heterocycles. The first-order valence-corrected chi connectivity index (χ1v) is 8.86. The first-order valence-electron chi connectivity index (χ1n) is 8.86. The third kappa shape index (κ3) is 4.16. The Morgan fingerprint density at radius 1 is 1.00 bits per heavy atom. The number of phenolic OH excluding ortho intramolecular Hbond substituents is 1. The Morgan fingerprint density at radius 3 is 2.38 bits per heavy atom. The zero-order valence-electron chi connectivity index (χ0n) is 13.9. The number of hydrogen-bond donors (Lipinski definition) is 2. The maximum absolute atomic E-state index is 12.6. The quantitative estimate of drug-likeness (QED) is 0.859. The van der Waals surface area contributed by atoms with Crippen LogP contribution in [0.4, 0.5) is 0 Å². The fraction of sp³-hybridized carbons (Fsp3) is 0.381. The Kier molecular flexibility index (Phi) is 5.52. The highest BCUT2D eigenvalue weighted by Crippen LogP contribution is 2.33. The van der Waals surface area contributed by atoms with Gasteiger partial charge in [0, 0.05) is 23.9 Å². The molecule has 1 aliphatic rings. The zero-order chi connectivity index (χ0) is 16.8. The average molecular weight is 323 g/mol. The summed E-state index contributed by atoms with van der Waals surface area (Å²) >= 11 is 0. The molecule has 1 fully saturated rings. The van der Waals surface area contributed by atoms with E-state index in [4.69, 9.17) is 0 Å². The van der Waals surface area contributed by atoms with Gasteiger partial charge < -0.3 is 10.4 Å². The van der Waals surface area contributed by atoms with Crippen LogP contribution in [-0.2, 0) is 4.79 Å². The molecule has 2 aromatic carbocycles. The molecule has 126 valence electrons. The predicted molar refractivity (Wildman–Crippen MR) is 96.0 cm³/mol. The van der Waals surface area contributed by atoms with Crippen LogP contribution in [0.15, 0.2) is 54.6 Å². The zero-order valence-corrected chi connectivity index (χ0v) is 13.9. The van der Waals surface area contributed by atoms with Gasteiger partial charge >= 0.3 is 0 Å². The molecule has 0 radical (unpaired) electrons. The lowest BCUT2D eigenvalue weighted by Crippen LogP contribution is -2.36. The van der Waals surface area contributed by atoms with Crippen molar-refractivity contribution >= 4 is 5.91 Å². The lowest BCUT2D eigenvalue weighted by molar-refractivity contribution is -0.122. The maximum atomic E-state index is 12.6. The molecule has 1 atom stereocenters. The summed E-state index contributed by atoms with van der Waals surface area (Å²) in [5, 5.41) is 13.4. The molecule has 0 spiro atoms. The highest BCUT2D eigenvalue weighted by Gasteiger charge is 2.23. The molecule has 0 heterocycles. The van der Waals surface area contributed by atoms with E-state index in [1.807, 2.05) is 48.5 Å². The fourth-order valence-electron chi connectivity index (χ4n) is 3.59. The minimum Gasteiger partial charge on any atom is -0.508 e. The van der Waals surface area contributed by atoms with E-state index in [2.05, 4.69) is 5.32 Å². The van der Waals surface area contributed by atoms with E-state index < -0.39 is 0 Å². The molecule has 0 aliphatic heterocycles. The Balaban J connectivity index is 1.77. The van der Waals surface area contributed by atoms with Crippen LogP contribution in [0.5, 0.6) is 5.75 Å². The maximum Gasteiger partial charge on any atom is 0.221 e. The van der Waals surface area contributed by atoms with Crippen molar-refractivity contribution in [3.63, 3.8) is 0 Å². The van der Waals surface area contributed by atoms with Crippen LogP contribution in [0.25, 0.3) is 0 Å². The molecular weight excluding hydrogens is 298 g/mol. The molecule has 2 N–H and O–H groups in total. The number of nitrogens with one attached hydrogen (secondary N) is 1. The van der Waals surface area contributed by atoms with Crippen LogP contribution in [0.1, 0.15) is 55.6 Å². The molecule has 24 heavy (non-hydrogen) atoms. The standard InChI is InChI=1S/C21H25NO2/c23-20-14-8-7-13-18(20)19(16-9-3-1-4-10-16)15-21(24)22-17-11-5-2-6-12-17/h1,3-4,7-10,13-14,17,19,23H,2,5-6,11-12,15H2,(H,22,24). The van der Waals surface area contributed by atoms with Crippen molar-refractivity contribution in [1.29, 1.82) is 0 Å². The third-order valence-electron chi connectivity index (χ3n) is 4.87. The second kappa shape index (κ2) is 8.00. The van der Waals surface area contributed by atoms with Gasteiger partial charge in [-0.05, 0) is 24.5 Å². The molecule has 3 rings (SSSR count). The van der Waals surface area contributed by atoms with Crippen molar-refractivity contribution in [2.75, 3.05) is 0 Å². The molecule has 1 unspecified atom stereocenters. The number of benzene rings is 2. The van der Waals surface area contributed by atoms with Gasteiger partial charge in [0.25, 0.3) is 0 Å². The average Bonchev–Trinajstić information content (AvgIpc) is 2.62. The number of amides is 1. The monoisotopic (exact) mass is 323 g/mol. The van der Waals surface area contributed by atoms with Crippen LogP contribution < -0.4 is 5.32 Å². The summed E-state index contributed by atoms with van der Waals surface area (Å²) in [6.45, 7) is 0. The summed E-state index contributed by atoms with van der Waals surface area (Å²) in [5.41, 5.74) is 1.86. The first-order chi connectivity index (χ1) is 11.7. The summed E-state index contributed by atoms with van der Waals surface area (Å²) in [6, 6.07) is 17.6. The Hall–Kier alpha value is -2.29. The number of phenols is 1. The van der Waals surface area contributed by atoms with Gasteiger partial charge in [-0.1, -0.05) is 67.8 Å². The molecule has 1 saturated carbocycles. The predicted octanol–water partition coefficient (Wildman–Crippen LogP) is 4.36. The van der Waals surface area contributed by atoms with E-state index in [9.17, 15) is 9.90 Å². The van der Waals surface area contributed by atoms with Crippen molar-refractivity contribution in [2.45, 2.75) is 50.5 Å². The summed E-state index contributed by atoms with van der Waals surface area (Å²) < 4.78 is 0. The second-order valence-corrected chi connectivity index (χ2v) is 6.63. The Morgan fingerprint density at radius 2 is 1.67 bits per heavy atom.